The first-order chi connectivity index (χ1) is 3.43. The fourth-order valence-electron chi connectivity index (χ4n) is 0.872. The Morgan fingerprint density at radius 2 is 2.00 bits per heavy atom. The summed E-state index contributed by atoms with van der Waals surface area (Å²) in [5.41, 5.74) is 0. The van der Waals surface area contributed by atoms with Gasteiger partial charge in [-0.3, -0.25) is 0 Å². The molecule has 0 aromatic carbocycles. The lowest BCUT2D eigenvalue weighted by Gasteiger charge is -1.99. The van der Waals surface area contributed by atoms with Gasteiger partial charge >= 0.3 is 0 Å². The maximum atomic E-state index is 2.25. The summed E-state index contributed by atoms with van der Waals surface area (Å²) in [7, 11) is 0. The normalized spacial score (nSPS) is 21.3. The number of allylic oxidation sites excluding steroid dienone is 2. The second-order valence-electron chi connectivity index (χ2n) is 1.98. The average molecular weight is 95.2 g/mol. The van der Waals surface area contributed by atoms with Gasteiger partial charge in [0, 0.05) is 0 Å². The summed E-state index contributed by atoms with van der Waals surface area (Å²) in [5.74, 6) is 1.68. The van der Waals surface area contributed by atoms with Gasteiger partial charge < -0.3 is 0 Å². The van der Waals surface area contributed by atoms with Crippen molar-refractivity contribution < 1.29 is 0 Å². The fraction of sp³-hybridized carbons (Fsp3) is 0.571. The van der Waals surface area contributed by atoms with E-state index in [9.17, 15) is 0 Å². The van der Waals surface area contributed by atoms with Crippen LogP contribution < -0.4 is 0 Å². The van der Waals surface area contributed by atoms with Crippen molar-refractivity contribution in [2.75, 3.05) is 0 Å². The molecule has 0 N–H and O–H groups in total. The van der Waals surface area contributed by atoms with Crippen LogP contribution >= 0.6 is 0 Å². The second kappa shape index (κ2) is 2.15. The smallest absolute Gasteiger partial charge is 0.0169 e. The highest BCUT2D eigenvalue weighted by molar-refractivity contribution is 5.09. The summed E-state index contributed by atoms with van der Waals surface area (Å²) in [5, 5.41) is 0. The predicted molar refractivity (Wildman–Crippen MR) is 31.9 cm³/mol. The lowest BCUT2D eigenvalue weighted by Crippen LogP contribution is -1.84. The van der Waals surface area contributed by atoms with Gasteiger partial charge in [-0.2, -0.15) is 0 Å². The Hall–Kier alpha value is -0.260. The van der Waals surface area contributed by atoms with E-state index in [0.717, 1.165) is 0 Å². The van der Waals surface area contributed by atoms with E-state index in [1.54, 1.807) is 5.92 Å². The maximum Gasteiger partial charge on any atom is -0.0169 e. The zero-order valence-electron chi connectivity index (χ0n) is 4.78. The van der Waals surface area contributed by atoms with Crippen molar-refractivity contribution in [3.05, 3.63) is 18.1 Å². The molecule has 0 saturated heterocycles. The van der Waals surface area contributed by atoms with Gasteiger partial charge in [-0.05, 0) is 25.2 Å². The first-order valence-corrected chi connectivity index (χ1v) is 2.92. The molecule has 1 radical (unpaired) electrons. The van der Waals surface area contributed by atoms with Gasteiger partial charge in [0.2, 0.25) is 0 Å². The molecule has 0 heteroatoms. The van der Waals surface area contributed by atoms with Gasteiger partial charge in [0.05, 0.1) is 0 Å². The lowest BCUT2D eigenvalue weighted by molar-refractivity contribution is 0.840. The van der Waals surface area contributed by atoms with Crippen LogP contribution in [0.3, 0.4) is 0 Å². The Kier molecular flexibility index (Phi) is 1.50. The molecule has 0 bridgehead atoms. The topological polar surface area (TPSA) is 0 Å². The molecule has 1 aliphatic carbocycles. The molecular formula is C7H11. The molecule has 0 nitrogen and oxygen atoms in total. The van der Waals surface area contributed by atoms with Crippen LogP contribution in [0.2, 0.25) is 0 Å². The summed E-state index contributed by atoms with van der Waals surface area (Å²) in [6.45, 7) is 2.22. The second-order valence-corrected chi connectivity index (χ2v) is 1.98. The molecule has 0 spiro atoms. The van der Waals surface area contributed by atoms with Crippen LogP contribution in [-0.2, 0) is 0 Å². The first kappa shape index (κ1) is 4.89. The van der Waals surface area contributed by atoms with Crippen molar-refractivity contribution >= 4 is 0 Å². The molecule has 39 valence electrons. The van der Waals surface area contributed by atoms with E-state index < -0.39 is 0 Å². The SMILES string of the molecule is CC[C]1CC=CC1. The standard InChI is InChI=1S/C7H11/c1-2-7-5-3-4-6-7/h3-4H,2,5-6H2,1H3. The Labute approximate surface area is 45.2 Å². The van der Waals surface area contributed by atoms with E-state index in [-0.39, 0.29) is 0 Å². The number of rotatable bonds is 1. The summed E-state index contributed by atoms with van der Waals surface area (Å²) in [4.78, 5) is 0. The molecule has 1 aliphatic rings. The summed E-state index contributed by atoms with van der Waals surface area (Å²) >= 11 is 0. The van der Waals surface area contributed by atoms with Gasteiger partial charge in [0.1, 0.15) is 0 Å². The highest BCUT2D eigenvalue weighted by Gasteiger charge is 2.05. The Morgan fingerprint density at radius 1 is 1.43 bits per heavy atom. The van der Waals surface area contributed by atoms with Gasteiger partial charge in [-0.1, -0.05) is 19.1 Å². The van der Waals surface area contributed by atoms with E-state index in [0.29, 0.717) is 0 Å². The Bertz CT molecular complexity index is 64.1. The van der Waals surface area contributed by atoms with E-state index in [2.05, 4.69) is 19.1 Å². The quantitative estimate of drug-likeness (QED) is 0.438. The molecule has 1 rings (SSSR count). The van der Waals surface area contributed by atoms with Crippen molar-refractivity contribution in [2.45, 2.75) is 26.2 Å². The Morgan fingerprint density at radius 3 is 2.29 bits per heavy atom. The molecule has 0 heterocycles. The minimum Gasteiger partial charge on any atom is -0.0879 e. The third-order valence-corrected chi connectivity index (χ3v) is 1.48. The van der Waals surface area contributed by atoms with Crippen molar-refractivity contribution in [3.8, 4) is 0 Å². The van der Waals surface area contributed by atoms with E-state index in [1.807, 2.05) is 0 Å². The molecule has 0 atom stereocenters. The zero-order valence-corrected chi connectivity index (χ0v) is 4.78. The van der Waals surface area contributed by atoms with Gasteiger partial charge in [0.15, 0.2) is 0 Å². The highest BCUT2D eigenvalue weighted by atomic mass is 14.1. The van der Waals surface area contributed by atoms with Crippen molar-refractivity contribution in [3.63, 3.8) is 0 Å². The number of hydrogen-bond donors (Lipinski definition) is 0. The summed E-state index contributed by atoms with van der Waals surface area (Å²) in [6, 6.07) is 0. The molecule has 0 amide bonds. The minimum atomic E-state index is 1.25. The van der Waals surface area contributed by atoms with Gasteiger partial charge in [0.25, 0.3) is 0 Å². The summed E-state index contributed by atoms with van der Waals surface area (Å²) in [6.07, 6.45) is 8.26. The lowest BCUT2D eigenvalue weighted by atomic mass is 10.1. The van der Waals surface area contributed by atoms with Gasteiger partial charge in [-0.15, -0.1) is 0 Å². The third-order valence-electron chi connectivity index (χ3n) is 1.48. The molecule has 0 aromatic heterocycles. The van der Waals surface area contributed by atoms with E-state index in [4.69, 9.17) is 0 Å². The predicted octanol–water partition coefficient (Wildman–Crippen LogP) is 2.32. The molecular weight excluding hydrogens is 84.1 g/mol. The Balaban J connectivity index is 2.22. The molecule has 0 saturated carbocycles. The van der Waals surface area contributed by atoms with Crippen LogP contribution in [0.4, 0.5) is 0 Å². The first-order valence-electron chi connectivity index (χ1n) is 2.92. The molecule has 7 heavy (non-hydrogen) atoms. The van der Waals surface area contributed by atoms with Crippen LogP contribution in [0.25, 0.3) is 0 Å². The van der Waals surface area contributed by atoms with Crippen LogP contribution in [-0.4, -0.2) is 0 Å². The monoisotopic (exact) mass is 95.1 g/mol. The van der Waals surface area contributed by atoms with Crippen LogP contribution in [0, 0.1) is 5.92 Å². The molecule has 0 fully saturated rings. The van der Waals surface area contributed by atoms with E-state index in [1.165, 1.54) is 19.3 Å². The largest absolute Gasteiger partial charge is 0.0879 e. The molecule has 0 aromatic rings. The third kappa shape index (κ3) is 1.05. The van der Waals surface area contributed by atoms with Crippen LogP contribution in [0.1, 0.15) is 26.2 Å². The van der Waals surface area contributed by atoms with Crippen molar-refractivity contribution in [1.82, 2.24) is 0 Å². The minimum absolute atomic E-state index is 1.25. The van der Waals surface area contributed by atoms with Crippen LogP contribution in [0.15, 0.2) is 12.2 Å². The average Bonchev–Trinajstić information content (AvgIpc) is 2.14. The van der Waals surface area contributed by atoms with E-state index >= 15 is 0 Å². The van der Waals surface area contributed by atoms with Crippen molar-refractivity contribution in [2.24, 2.45) is 0 Å². The van der Waals surface area contributed by atoms with Crippen LogP contribution in [0.5, 0.6) is 0 Å². The zero-order chi connectivity index (χ0) is 5.11. The number of hydrogen-bond acceptors (Lipinski definition) is 0. The fourth-order valence-corrected chi connectivity index (χ4v) is 0.872. The molecule has 0 aliphatic heterocycles. The molecule has 0 unspecified atom stereocenters. The highest BCUT2D eigenvalue weighted by Crippen LogP contribution is 2.22. The van der Waals surface area contributed by atoms with Gasteiger partial charge in [-0.25, -0.2) is 0 Å². The van der Waals surface area contributed by atoms with Crippen molar-refractivity contribution in [1.29, 1.82) is 0 Å². The summed E-state index contributed by atoms with van der Waals surface area (Å²) < 4.78 is 0. The maximum absolute atomic E-state index is 2.25.